The van der Waals surface area contributed by atoms with Gasteiger partial charge in [0.05, 0.1) is 18.9 Å². The lowest BCUT2D eigenvalue weighted by Crippen LogP contribution is -2.46. The molecule has 1 aliphatic heterocycles. The SMILES string of the molecule is CCOc1ccc(C(c2c(NC(=O)c3ccco3)sc(C)c2C)N2CCN(C)CC2)cc1. The molecule has 1 unspecified atom stereocenters. The molecule has 2 aromatic heterocycles. The Morgan fingerprint density at radius 3 is 2.50 bits per heavy atom. The zero-order valence-electron chi connectivity index (χ0n) is 19.2. The van der Waals surface area contributed by atoms with Crippen molar-refractivity contribution < 1.29 is 13.9 Å². The van der Waals surface area contributed by atoms with Gasteiger partial charge in [-0.2, -0.15) is 0 Å². The summed E-state index contributed by atoms with van der Waals surface area (Å²) in [5, 5.41) is 4.02. The van der Waals surface area contributed by atoms with Crippen molar-refractivity contribution >= 4 is 22.2 Å². The van der Waals surface area contributed by atoms with E-state index in [9.17, 15) is 4.79 Å². The van der Waals surface area contributed by atoms with Gasteiger partial charge in [-0.25, -0.2) is 0 Å². The number of hydrogen-bond donors (Lipinski definition) is 1. The minimum absolute atomic E-state index is 0.0521. The zero-order valence-corrected chi connectivity index (χ0v) is 20.0. The summed E-state index contributed by atoms with van der Waals surface area (Å²) in [5.41, 5.74) is 3.59. The third-order valence-corrected chi connectivity index (χ3v) is 7.23. The van der Waals surface area contributed by atoms with Gasteiger partial charge in [-0.15, -0.1) is 11.3 Å². The van der Waals surface area contributed by atoms with Gasteiger partial charge in [-0.1, -0.05) is 12.1 Å². The highest BCUT2D eigenvalue weighted by Crippen LogP contribution is 2.43. The fraction of sp³-hybridized carbons (Fsp3) is 0.400. The summed E-state index contributed by atoms with van der Waals surface area (Å²) in [6, 6.07) is 11.9. The average molecular weight is 454 g/mol. The molecule has 0 spiro atoms. The smallest absolute Gasteiger partial charge is 0.291 e. The number of nitrogens with one attached hydrogen (secondary N) is 1. The van der Waals surface area contributed by atoms with E-state index in [0.717, 1.165) is 36.9 Å². The second-order valence-electron chi connectivity index (χ2n) is 8.20. The van der Waals surface area contributed by atoms with Crippen LogP contribution in [-0.4, -0.2) is 55.5 Å². The number of ether oxygens (including phenoxy) is 1. The molecule has 4 rings (SSSR count). The van der Waals surface area contributed by atoms with Gasteiger partial charge in [-0.05, 0) is 63.2 Å². The third-order valence-electron chi connectivity index (χ3n) is 6.09. The summed E-state index contributed by atoms with van der Waals surface area (Å²) in [7, 11) is 2.16. The molecule has 1 aromatic carbocycles. The predicted molar refractivity (Wildman–Crippen MR) is 129 cm³/mol. The summed E-state index contributed by atoms with van der Waals surface area (Å²) < 4.78 is 11.0. The van der Waals surface area contributed by atoms with Crippen LogP contribution < -0.4 is 10.1 Å². The molecule has 0 aliphatic carbocycles. The summed E-state index contributed by atoms with van der Waals surface area (Å²) in [6.45, 7) is 10.9. The van der Waals surface area contributed by atoms with Gasteiger partial charge in [0.25, 0.3) is 5.91 Å². The highest BCUT2D eigenvalue weighted by atomic mass is 32.1. The molecular weight excluding hydrogens is 422 g/mol. The Kier molecular flexibility index (Phi) is 6.98. The molecule has 1 atom stereocenters. The quantitative estimate of drug-likeness (QED) is 0.549. The maximum absolute atomic E-state index is 12.8. The Labute approximate surface area is 193 Å². The van der Waals surface area contributed by atoms with Crippen LogP contribution in [0.15, 0.2) is 47.1 Å². The van der Waals surface area contributed by atoms with Crippen LogP contribution in [0, 0.1) is 13.8 Å². The Morgan fingerprint density at radius 2 is 1.88 bits per heavy atom. The summed E-state index contributed by atoms with van der Waals surface area (Å²) in [4.78, 5) is 18.9. The normalized spacial score (nSPS) is 16.1. The number of benzene rings is 1. The Balaban J connectivity index is 1.74. The maximum Gasteiger partial charge on any atom is 0.291 e. The minimum atomic E-state index is -0.221. The van der Waals surface area contributed by atoms with E-state index in [4.69, 9.17) is 9.15 Å². The van der Waals surface area contributed by atoms with Crippen LogP contribution in [0.2, 0.25) is 0 Å². The maximum atomic E-state index is 12.8. The standard InChI is InChI=1S/C25H31N3O3S/c1-5-30-20-10-8-19(9-11-20)23(28-14-12-27(4)13-15-28)22-17(2)18(3)32-25(22)26-24(29)21-7-6-16-31-21/h6-11,16,23H,5,12-15H2,1-4H3,(H,26,29). The van der Waals surface area contributed by atoms with Gasteiger partial charge in [0.2, 0.25) is 0 Å². The van der Waals surface area contributed by atoms with E-state index in [1.54, 1.807) is 23.5 Å². The first-order valence-corrected chi connectivity index (χ1v) is 11.9. The molecule has 1 saturated heterocycles. The number of aryl methyl sites for hydroxylation is 1. The van der Waals surface area contributed by atoms with Crippen LogP contribution in [0.4, 0.5) is 5.00 Å². The molecular formula is C25H31N3O3S. The number of furan rings is 1. The van der Waals surface area contributed by atoms with E-state index in [0.29, 0.717) is 12.4 Å². The number of piperazine rings is 1. The molecule has 6 nitrogen and oxygen atoms in total. The van der Waals surface area contributed by atoms with Crippen LogP contribution in [-0.2, 0) is 0 Å². The molecule has 0 radical (unpaired) electrons. The van der Waals surface area contributed by atoms with Crippen LogP contribution in [0.3, 0.4) is 0 Å². The highest BCUT2D eigenvalue weighted by molar-refractivity contribution is 7.16. The van der Waals surface area contributed by atoms with Crippen molar-refractivity contribution in [3.8, 4) is 5.75 Å². The average Bonchev–Trinajstić information content (AvgIpc) is 3.41. The van der Waals surface area contributed by atoms with Gasteiger partial charge in [0, 0.05) is 36.6 Å². The van der Waals surface area contributed by atoms with Crippen molar-refractivity contribution in [2.24, 2.45) is 0 Å². The van der Waals surface area contributed by atoms with Crippen molar-refractivity contribution in [2.75, 3.05) is 45.2 Å². The highest BCUT2D eigenvalue weighted by Gasteiger charge is 2.31. The number of amides is 1. The predicted octanol–water partition coefficient (Wildman–Crippen LogP) is 4.95. The van der Waals surface area contributed by atoms with E-state index in [-0.39, 0.29) is 11.9 Å². The summed E-state index contributed by atoms with van der Waals surface area (Å²) >= 11 is 1.63. The fourth-order valence-corrected chi connectivity index (χ4v) is 5.28. The number of thiophene rings is 1. The van der Waals surface area contributed by atoms with Gasteiger partial charge in [0.15, 0.2) is 5.76 Å². The molecule has 3 aromatic rings. The topological polar surface area (TPSA) is 58.0 Å². The monoisotopic (exact) mass is 453 g/mol. The van der Waals surface area contributed by atoms with Gasteiger partial charge in [0.1, 0.15) is 10.8 Å². The molecule has 3 heterocycles. The van der Waals surface area contributed by atoms with Crippen molar-refractivity contribution in [1.82, 2.24) is 9.80 Å². The second-order valence-corrected chi connectivity index (χ2v) is 9.43. The molecule has 1 amide bonds. The third kappa shape index (κ3) is 4.75. The van der Waals surface area contributed by atoms with Crippen molar-refractivity contribution in [3.63, 3.8) is 0 Å². The summed E-state index contributed by atoms with van der Waals surface area (Å²) in [6.07, 6.45) is 1.52. The molecule has 32 heavy (non-hydrogen) atoms. The van der Waals surface area contributed by atoms with E-state index in [1.165, 1.54) is 27.8 Å². The number of rotatable bonds is 7. The van der Waals surface area contributed by atoms with Crippen molar-refractivity contribution in [3.05, 3.63) is 70.0 Å². The number of carbonyl (C=O) groups is 1. The summed E-state index contributed by atoms with van der Waals surface area (Å²) in [5.74, 6) is 0.969. The molecule has 1 aliphatic rings. The molecule has 0 saturated carbocycles. The van der Waals surface area contributed by atoms with Crippen LogP contribution in [0.1, 0.15) is 45.1 Å². The number of likely N-dealkylation sites (N-methyl/N-ethyl adjacent to an activating group) is 1. The molecule has 0 bridgehead atoms. The van der Waals surface area contributed by atoms with Crippen LogP contribution >= 0.6 is 11.3 Å². The number of carbonyl (C=O) groups excluding carboxylic acids is 1. The first kappa shape index (κ1) is 22.6. The zero-order chi connectivity index (χ0) is 22.7. The van der Waals surface area contributed by atoms with Gasteiger partial charge in [-0.3, -0.25) is 9.69 Å². The minimum Gasteiger partial charge on any atom is -0.494 e. The van der Waals surface area contributed by atoms with E-state index < -0.39 is 0 Å². The first-order valence-electron chi connectivity index (χ1n) is 11.1. The number of anilines is 1. The van der Waals surface area contributed by atoms with Crippen LogP contribution in [0.25, 0.3) is 0 Å². The Bertz CT molecular complexity index is 1040. The first-order chi connectivity index (χ1) is 15.5. The van der Waals surface area contributed by atoms with E-state index in [2.05, 4.69) is 48.1 Å². The second kappa shape index (κ2) is 9.90. The lowest BCUT2D eigenvalue weighted by atomic mass is 9.94. The van der Waals surface area contributed by atoms with Crippen molar-refractivity contribution in [1.29, 1.82) is 0 Å². The molecule has 170 valence electrons. The largest absolute Gasteiger partial charge is 0.494 e. The number of nitrogens with zero attached hydrogens (tertiary/aromatic N) is 2. The van der Waals surface area contributed by atoms with Gasteiger partial charge < -0.3 is 19.4 Å². The van der Waals surface area contributed by atoms with Crippen LogP contribution in [0.5, 0.6) is 5.75 Å². The van der Waals surface area contributed by atoms with Crippen molar-refractivity contribution in [2.45, 2.75) is 26.8 Å². The number of hydrogen-bond acceptors (Lipinski definition) is 6. The van der Waals surface area contributed by atoms with E-state index in [1.807, 2.05) is 19.1 Å². The Hall–Kier alpha value is -2.61. The van der Waals surface area contributed by atoms with Gasteiger partial charge >= 0.3 is 0 Å². The molecule has 1 fully saturated rings. The molecule has 7 heteroatoms. The molecule has 1 N–H and O–H groups in total. The lowest BCUT2D eigenvalue weighted by molar-refractivity contribution is 0.0996. The Morgan fingerprint density at radius 1 is 1.16 bits per heavy atom. The van der Waals surface area contributed by atoms with E-state index >= 15 is 0 Å². The lowest BCUT2D eigenvalue weighted by Gasteiger charge is -2.39. The fourth-order valence-electron chi connectivity index (χ4n) is 4.19.